The smallest absolute Gasteiger partial charge is 0.387 e. The molecule has 1 aromatic carbocycles. The first kappa shape index (κ1) is 20.8. The molecule has 1 atom stereocenters. The summed E-state index contributed by atoms with van der Waals surface area (Å²) in [6.07, 6.45) is 3.33. The molecule has 3 aromatic rings. The Bertz CT molecular complexity index is 1070. The molecular formula is C22H25F2N3O2S. The molecule has 5 nitrogen and oxygen atoms in total. The van der Waals surface area contributed by atoms with Gasteiger partial charge in [-0.25, -0.2) is 9.97 Å². The highest BCUT2D eigenvalue weighted by atomic mass is 32.1. The Morgan fingerprint density at radius 1 is 1.27 bits per heavy atom. The molecule has 0 unspecified atom stereocenters. The molecule has 2 aromatic heterocycles. The molecule has 1 aliphatic rings. The molecule has 0 spiro atoms. The predicted octanol–water partition coefficient (Wildman–Crippen LogP) is 5.37. The molecule has 0 fully saturated rings. The largest absolute Gasteiger partial charge is 0.493 e. The normalized spacial score (nSPS) is 16.0. The number of aromatic nitrogens is 2. The second-order valence-electron chi connectivity index (χ2n) is 7.85. The third-order valence-corrected chi connectivity index (χ3v) is 6.62. The molecule has 160 valence electrons. The van der Waals surface area contributed by atoms with Gasteiger partial charge in [-0.1, -0.05) is 13.0 Å². The summed E-state index contributed by atoms with van der Waals surface area (Å²) >= 11 is 1.78. The first-order chi connectivity index (χ1) is 14.4. The summed E-state index contributed by atoms with van der Waals surface area (Å²) in [7, 11) is 3.43. The van der Waals surface area contributed by atoms with Crippen molar-refractivity contribution in [2.24, 2.45) is 5.92 Å². The summed E-state index contributed by atoms with van der Waals surface area (Å²) in [5.74, 6) is 2.67. The van der Waals surface area contributed by atoms with E-state index in [-0.39, 0.29) is 11.5 Å². The average Bonchev–Trinajstić information content (AvgIpc) is 3.04. The van der Waals surface area contributed by atoms with Crippen molar-refractivity contribution < 1.29 is 18.3 Å². The maximum Gasteiger partial charge on any atom is 0.387 e. The highest BCUT2D eigenvalue weighted by molar-refractivity contribution is 7.19. The summed E-state index contributed by atoms with van der Waals surface area (Å²) in [6.45, 7) is 1.87. The van der Waals surface area contributed by atoms with Crippen molar-refractivity contribution in [2.45, 2.75) is 46.3 Å². The maximum atomic E-state index is 12.6. The van der Waals surface area contributed by atoms with Crippen LogP contribution in [0.15, 0.2) is 18.2 Å². The maximum absolute atomic E-state index is 12.6. The highest BCUT2D eigenvalue weighted by Crippen LogP contribution is 2.41. The molecule has 0 saturated heterocycles. The Kier molecular flexibility index (Phi) is 5.77. The van der Waals surface area contributed by atoms with Crippen molar-refractivity contribution in [1.82, 2.24) is 9.97 Å². The molecule has 0 saturated carbocycles. The molecule has 0 radical (unpaired) electrons. The van der Waals surface area contributed by atoms with E-state index in [0.29, 0.717) is 12.5 Å². The monoisotopic (exact) mass is 433 g/mol. The number of aryl methyl sites for hydroxylation is 2. The number of rotatable bonds is 6. The second kappa shape index (κ2) is 8.34. The third-order valence-electron chi connectivity index (χ3n) is 5.47. The van der Waals surface area contributed by atoms with E-state index in [9.17, 15) is 8.78 Å². The van der Waals surface area contributed by atoms with Crippen LogP contribution in [-0.4, -0.2) is 30.7 Å². The Hall–Kier alpha value is -2.48. The summed E-state index contributed by atoms with van der Waals surface area (Å²) in [5, 5.41) is 1.15. The van der Waals surface area contributed by atoms with Crippen LogP contribution in [-0.2, 0) is 19.4 Å². The Balaban J connectivity index is 1.67. The minimum atomic E-state index is -2.89. The van der Waals surface area contributed by atoms with Crippen molar-refractivity contribution >= 4 is 27.4 Å². The predicted molar refractivity (Wildman–Crippen MR) is 115 cm³/mol. The van der Waals surface area contributed by atoms with Gasteiger partial charge in [-0.05, 0) is 55.4 Å². The lowest BCUT2D eigenvalue weighted by Gasteiger charge is -2.22. The van der Waals surface area contributed by atoms with Crippen LogP contribution in [0.25, 0.3) is 10.2 Å². The molecule has 0 bridgehead atoms. The number of benzene rings is 1. The van der Waals surface area contributed by atoms with Gasteiger partial charge < -0.3 is 14.4 Å². The molecule has 0 N–H and O–H groups in total. The van der Waals surface area contributed by atoms with E-state index in [4.69, 9.17) is 14.7 Å². The van der Waals surface area contributed by atoms with Gasteiger partial charge >= 0.3 is 6.61 Å². The number of anilines is 1. The zero-order valence-electron chi connectivity index (χ0n) is 17.5. The highest BCUT2D eigenvalue weighted by Gasteiger charge is 2.25. The number of hydrogen-bond acceptors (Lipinski definition) is 6. The number of methoxy groups -OCH3 is 1. The molecule has 30 heavy (non-hydrogen) atoms. The fourth-order valence-corrected chi connectivity index (χ4v) is 5.48. The molecule has 1 aliphatic carbocycles. The van der Waals surface area contributed by atoms with Crippen LogP contribution in [0.3, 0.4) is 0 Å². The molecule has 2 heterocycles. The zero-order chi connectivity index (χ0) is 21.4. The first-order valence-electron chi connectivity index (χ1n) is 9.97. The van der Waals surface area contributed by atoms with Gasteiger partial charge in [0.05, 0.1) is 12.5 Å². The summed E-state index contributed by atoms with van der Waals surface area (Å²) < 4.78 is 34.9. The molecule has 4 rings (SSSR count). The van der Waals surface area contributed by atoms with Crippen LogP contribution in [0.1, 0.15) is 35.2 Å². The lowest BCUT2D eigenvalue weighted by molar-refractivity contribution is -0.0512. The van der Waals surface area contributed by atoms with Crippen LogP contribution in [0.2, 0.25) is 0 Å². The number of ether oxygens (including phenoxy) is 2. The topological polar surface area (TPSA) is 47.5 Å². The standard InChI is InChI=1S/C22H25F2N3O2S/c1-12-5-7-15-18(9-12)30-21-19(15)20(25-13(2)26-21)27(3)11-14-6-8-16(29-22(23)24)17(10-14)28-4/h6,8,10,12,22H,5,7,9,11H2,1-4H3/t12-/m1/s1. The minimum Gasteiger partial charge on any atom is -0.493 e. The zero-order valence-corrected chi connectivity index (χ0v) is 18.4. The Morgan fingerprint density at radius 2 is 2.07 bits per heavy atom. The van der Waals surface area contributed by atoms with Crippen molar-refractivity contribution in [3.63, 3.8) is 0 Å². The van der Waals surface area contributed by atoms with Crippen molar-refractivity contribution in [1.29, 1.82) is 0 Å². The Labute approximate surface area is 178 Å². The number of nitrogens with zero attached hydrogens (tertiary/aromatic N) is 3. The fraction of sp³-hybridized carbons (Fsp3) is 0.455. The van der Waals surface area contributed by atoms with Gasteiger partial charge in [0, 0.05) is 18.5 Å². The lowest BCUT2D eigenvalue weighted by atomic mass is 9.89. The third kappa shape index (κ3) is 4.05. The number of thiophene rings is 1. The first-order valence-corrected chi connectivity index (χ1v) is 10.8. The van der Waals surface area contributed by atoms with Gasteiger partial charge in [-0.2, -0.15) is 8.78 Å². The van der Waals surface area contributed by atoms with Crippen LogP contribution in [0, 0.1) is 12.8 Å². The van der Waals surface area contributed by atoms with Gasteiger partial charge in [0.25, 0.3) is 0 Å². The molecular weight excluding hydrogens is 408 g/mol. The fourth-order valence-electron chi connectivity index (χ4n) is 4.06. The lowest BCUT2D eigenvalue weighted by Crippen LogP contribution is -2.19. The van der Waals surface area contributed by atoms with E-state index >= 15 is 0 Å². The van der Waals surface area contributed by atoms with E-state index in [1.165, 1.54) is 30.0 Å². The van der Waals surface area contributed by atoms with Crippen LogP contribution in [0.5, 0.6) is 11.5 Å². The van der Waals surface area contributed by atoms with Crippen molar-refractivity contribution in [2.75, 3.05) is 19.1 Å². The average molecular weight is 434 g/mol. The van der Waals surface area contributed by atoms with Gasteiger partial charge in [0.2, 0.25) is 0 Å². The number of halogens is 2. The number of fused-ring (bicyclic) bond motifs is 3. The number of hydrogen-bond donors (Lipinski definition) is 0. The summed E-state index contributed by atoms with van der Waals surface area (Å²) in [5.41, 5.74) is 2.30. The van der Waals surface area contributed by atoms with Gasteiger partial charge in [0.1, 0.15) is 16.5 Å². The van der Waals surface area contributed by atoms with Gasteiger partial charge in [0.15, 0.2) is 11.5 Å². The molecule has 0 amide bonds. The van der Waals surface area contributed by atoms with Crippen LogP contribution >= 0.6 is 11.3 Å². The van der Waals surface area contributed by atoms with Crippen molar-refractivity contribution in [3.05, 3.63) is 40.0 Å². The molecule has 0 aliphatic heterocycles. The van der Waals surface area contributed by atoms with Crippen LogP contribution in [0.4, 0.5) is 14.6 Å². The van der Waals surface area contributed by atoms with E-state index in [2.05, 4.69) is 16.6 Å². The summed E-state index contributed by atoms with van der Waals surface area (Å²) in [6, 6.07) is 5.01. The van der Waals surface area contributed by atoms with E-state index in [1.54, 1.807) is 23.5 Å². The Morgan fingerprint density at radius 3 is 2.80 bits per heavy atom. The number of alkyl halides is 2. The SMILES string of the molecule is COc1cc(CN(C)c2nc(C)nc3sc4c(c23)CC[C@@H](C)C4)ccc1OC(F)F. The van der Waals surface area contributed by atoms with E-state index in [0.717, 1.165) is 40.3 Å². The molecule has 8 heteroatoms. The second-order valence-corrected chi connectivity index (χ2v) is 8.93. The quantitative estimate of drug-likeness (QED) is 0.523. The van der Waals surface area contributed by atoms with Gasteiger partial charge in [-0.15, -0.1) is 11.3 Å². The van der Waals surface area contributed by atoms with Gasteiger partial charge in [-0.3, -0.25) is 0 Å². The van der Waals surface area contributed by atoms with Crippen LogP contribution < -0.4 is 14.4 Å². The minimum absolute atomic E-state index is 0.0280. The summed E-state index contributed by atoms with van der Waals surface area (Å²) in [4.78, 5) is 14.0. The van der Waals surface area contributed by atoms with E-state index in [1.807, 2.05) is 14.0 Å². The van der Waals surface area contributed by atoms with Crippen molar-refractivity contribution in [3.8, 4) is 11.5 Å². The van der Waals surface area contributed by atoms with E-state index < -0.39 is 6.61 Å².